The van der Waals surface area contributed by atoms with Crippen LogP contribution in [0.1, 0.15) is 44.7 Å². The Morgan fingerprint density at radius 3 is 2.48 bits per heavy atom. The third-order valence-corrected chi connectivity index (χ3v) is 4.88. The fourth-order valence-electron chi connectivity index (χ4n) is 3.29. The molecule has 0 radical (unpaired) electrons. The van der Waals surface area contributed by atoms with Gasteiger partial charge in [-0.15, -0.1) is 0 Å². The number of hydrogen-bond acceptors (Lipinski definition) is 3. The monoisotopic (exact) mass is 319 g/mol. The van der Waals surface area contributed by atoms with Crippen molar-refractivity contribution < 1.29 is 15.0 Å². The minimum absolute atomic E-state index is 0.0202. The molecule has 2 atom stereocenters. The minimum atomic E-state index is -0.677. The van der Waals surface area contributed by atoms with Gasteiger partial charge in [0.05, 0.1) is 18.6 Å². The highest BCUT2D eigenvalue weighted by Crippen LogP contribution is 2.32. The number of carbonyl (C=O) groups excluding carboxylic acids is 1. The number of carbonyl (C=O) groups is 1. The van der Waals surface area contributed by atoms with Gasteiger partial charge in [0.15, 0.2) is 0 Å². The average Bonchev–Trinajstić information content (AvgIpc) is 2.49. The first kappa shape index (κ1) is 18.0. The summed E-state index contributed by atoms with van der Waals surface area (Å²) in [7, 11) is 0. The number of hydrogen-bond donors (Lipinski definition) is 2. The zero-order valence-corrected chi connectivity index (χ0v) is 14.5. The van der Waals surface area contributed by atoms with E-state index in [-0.39, 0.29) is 18.4 Å². The zero-order chi connectivity index (χ0) is 17.0. The fraction of sp³-hybridized carbons (Fsp3) is 0.632. The van der Waals surface area contributed by atoms with Gasteiger partial charge in [0.2, 0.25) is 5.91 Å². The molecule has 1 aromatic carbocycles. The summed E-state index contributed by atoms with van der Waals surface area (Å²) in [6.07, 6.45) is 1.95. The smallest absolute Gasteiger partial charge is 0.227 e. The van der Waals surface area contributed by atoms with Gasteiger partial charge in [-0.3, -0.25) is 4.79 Å². The first-order valence-electron chi connectivity index (χ1n) is 8.50. The highest BCUT2D eigenvalue weighted by atomic mass is 16.3. The van der Waals surface area contributed by atoms with E-state index in [1.54, 1.807) is 0 Å². The molecule has 2 N–H and O–H groups in total. The van der Waals surface area contributed by atoms with E-state index in [1.165, 1.54) is 0 Å². The van der Waals surface area contributed by atoms with Crippen molar-refractivity contribution in [2.24, 2.45) is 11.8 Å². The molecule has 1 saturated heterocycles. The number of aliphatic hydroxyl groups excluding tert-OH is 1. The van der Waals surface area contributed by atoms with Crippen LogP contribution in [0.2, 0.25) is 0 Å². The second-order valence-electron chi connectivity index (χ2n) is 7.42. The summed E-state index contributed by atoms with van der Waals surface area (Å²) >= 11 is 0. The van der Waals surface area contributed by atoms with Gasteiger partial charge in [0, 0.05) is 19.0 Å². The van der Waals surface area contributed by atoms with Crippen molar-refractivity contribution in [2.45, 2.75) is 52.2 Å². The molecule has 1 aliphatic heterocycles. The Bertz CT molecular complexity index is 522. The maximum atomic E-state index is 12.6. The molecule has 4 heteroatoms. The molecule has 0 unspecified atom stereocenters. The summed E-state index contributed by atoms with van der Waals surface area (Å²) in [5, 5.41) is 19.6. The van der Waals surface area contributed by atoms with Gasteiger partial charge in [0.1, 0.15) is 0 Å². The van der Waals surface area contributed by atoms with Crippen LogP contribution < -0.4 is 0 Å². The maximum absolute atomic E-state index is 12.6. The van der Waals surface area contributed by atoms with Crippen molar-refractivity contribution in [3.63, 3.8) is 0 Å². The summed E-state index contributed by atoms with van der Waals surface area (Å²) in [6, 6.07) is 7.50. The Kier molecular flexibility index (Phi) is 5.82. The highest BCUT2D eigenvalue weighted by molar-refractivity contribution is 5.79. The lowest BCUT2D eigenvalue weighted by atomic mass is 9.78. The molecule has 1 amide bonds. The van der Waals surface area contributed by atoms with Crippen molar-refractivity contribution in [2.75, 3.05) is 13.1 Å². The van der Waals surface area contributed by atoms with Crippen LogP contribution in [0.3, 0.4) is 0 Å². The molecule has 128 valence electrons. The van der Waals surface area contributed by atoms with Gasteiger partial charge in [-0.25, -0.2) is 0 Å². The van der Waals surface area contributed by atoms with Gasteiger partial charge in [-0.05, 0) is 36.8 Å². The van der Waals surface area contributed by atoms with E-state index in [4.69, 9.17) is 5.11 Å². The first-order valence-corrected chi connectivity index (χ1v) is 8.50. The second kappa shape index (κ2) is 7.45. The summed E-state index contributed by atoms with van der Waals surface area (Å²) in [5.74, 6) is 0.760. The molecule has 0 aliphatic carbocycles. The van der Waals surface area contributed by atoms with Gasteiger partial charge in [0.25, 0.3) is 0 Å². The lowest BCUT2D eigenvalue weighted by Gasteiger charge is -2.43. The molecule has 1 fully saturated rings. The summed E-state index contributed by atoms with van der Waals surface area (Å²) in [6.45, 7) is 7.48. The minimum Gasteiger partial charge on any atom is -0.392 e. The Labute approximate surface area is 139 Å². The Hall–Kier alpha value is -1.39. The van der Waals surface area contributed by atoms with Crippen molar-refractivity contribution in [3.8, 4) is 0 Å². The molecule has 4 nitrogen and oxygen atoms in total. The zero-order valence-electron chi connectivity index (χ0n) is 14.5. The van der Waals surface area contributed by atoms with Crippen LogP contribution in [0, 0.1) is 11.8 Å². The van der Waals surface area contributed by atoms with Gasteiger partial charge < -0.3 is 15.1 Å². The van der Waals surface area contributed by atoms with Crippen molar-refractivity contribution in [3.05, 3.63) is 35.4 Å². The van der Waals surface area contributed by atoms with E-state index < -0.39 is 5.60 Å². The molecule has 1 heterocycles. The van der Waals surface area contributed by atoms with Crippen LogP contribution in [0.25, 0.3) is 0 Å². The lowest BCUT2D eigenvalue weighted by Crippen LogP contribution is -2.52. The van der Waals surface area contributed by atoms with E-state index in [2.05, 4.69) is 13.8 Å². The van der Waals surface area contributed by atoms with Crippen LogP contribution in [0.15, 0.2) is 24.3 Å². The predicted octanol–water partition coefficient (Wildman–Crippen LogP) is 2.37. The molecule has 0 aromatic heterocycles. The van der Waals surface area contributed by atoms with E-state index in [0.717, 1.165) is 17.5 Å². The largest absolute Gasteiger partial charge is 0.392 e. The third kappa shape index (κ3) is 4.79. The van der Waals surface area contributed by atoms with Crippen LogP contribution in [0.5, 0.6) is 0 Å². The number of aliphatic hydroxyl groups is 2. The normalized spacial score (nSPS) is 25.0. The van der Waals surface area contributed by atoms with Crippen LogP contribution >= 0.6 is 0 Å². The number of nitrogens with zero attached hydrogens (tertiary/aromatic N) is 1. The SMILES string of the molecule is CC(C)C[C@@H]1CN(C(=O)Cc2ccc(CO)cc2)CC[C@]1(C)O. The van der Waals surface area contributed by atoms with Gasteiger partial charge in [-0.1, -0.05) is 38.1 Å². The third-order valence-electron chi connectivity index (χ3n) is 4.88. The van der Waals surface area contributed by atoms with Crippen molar-refractivity contribution in [1.82, 2.24) is 4.90 Å². The number of piperidine rings is 1. The second-order valence-corrected chi connectivity index (χ2v) is 7.42. The molecular formula is C19H29NO3. The number of amides is 1. The quantitative estimate of drug-likeness (QED) is 0.876. The van der Waals surface area contributed by atoms with Gasteiger partial charge in [-0.2, -0.15) is 0 Å². The van der Waals surface area contributed by atoms with Crippen LogP contribution in [-0.2, 0) is 17.8 Å². The average molecular weight is 319 g/mol. The van der Waals surface area contributed by atoms with E-state index in [9.17, 15) is 9.90 Å². The molecule has 0 bridgehead atoms. The first-order chi connectivity index (χ1) is 10.8. The maximum Gasteiger partial charge on any atom is 0.227 e. The Balaban J connectivity index is 1.98. The van der Waals surface area contributed by atoms with E-state index >= 15 is 0 Å². The number of likely N-dealkylation sites (tertiary alicyclic amines) is 1. The van der Waals surface area contributed by atoms with E-state index in [1.807, 2.05) is 36.1 Å². The predicted molar refractivity (Wildman–Crippen MR) is 90.8 cm³/mol. The van der Waals surface area contributed by atoms with Crippen LogP contribution in [0.4, 0.5) is 0 Å². The molecule has 0 spiro atoms. The molecular weight excluding hydrogens is 290 g/mol. The standard InChI is InChI=1S/C19H29NO3/c1-14(2)10-17-12-20(9-8-19(17,3)23)18(22)11-15-4-6-16(13-21)7-5-15/h4-7,14,17,21,23H,8-13H2,1-3H3/t17-,19+/m1/s1. The number of benzene rings is 1. The molecule has 1 aliphatic rings. The topological polar surface area (TPSA) is 60.8 Å². The van der Waals surface area contributed by atoms with Crippen molar-refractivity contribution in [1.29, 1.82) is 0 Å². The molecule has 0 saturated carbocycles. The number of rotatable bonds is 5. The van der Waals surface area contributed by atoms with Gasteiger partial charge >= 0.3 is 0 Å². The summed E-state index contributed by atoms with van der Waals surface area (Å²) in [4.78, 5) is 14.5. The van der Waals surface area contributed by atoms with Crippen LogP contribution in [-0.4, -0.2) is 39.7 Å². The summed E-state index contributed by atoms with van der Waals surface area (Å²) in [5.41, 5.74) is 1.14. The lowest BCUT2D eigenvalue weighted by molar-refractivity contribution is -0.138. The van der Waals surface area contributed by atoms with Crippen molar-refractivity contribution >= 4 is 5.91 Å². The molecule has 23 heavy (non-hydrogen) atoms. The molecule has 1 aromatic rings. The van der Waals surface area contributed by atoms with E-state index in [0.29, 0.717) is 31.8 Å². The Morgan fingerprint density at radius 1 is 1.30 bits per heavy atom. The highest BCUT2D eigenvalue weighted by Gasteiger charge is 2.38. The Morgan fingerprint density at radius 2 is 1.91 bits per heavy atom. The molecule has 2 rings (SSSR count). The fourth-order valence-corrected chi connectivity index (χ4v) is 3.29. The summed E-state index contributed by atoms with van der Waals surface area (Å²) < 4.78 is 0.